The van der Waals surface area contributed by atoms with Gasteiger partial charge in [0.1, 0.15) is 5.69 Å². The lowest BCUT2D eigenvalue weighted by atomic mass is 10.2. The van der Waals surface area contributed by atoms with Crippen LogP contribution in [-0.4, -0.2) is 30.8 Å². The first-order valence-corrected chi connectivity index (χ1v) is 4.58. The smallest absolute Gasteiger partial charge is 0.478 e. The number of halogens is 1. The first kappa shape index (κ1) is 11.6. The minimum Gasteiger partial charge on any atom is -0.478 e. The quantitative estimate of drug-likeness (QED) is 0.644. The zero-order valence-corrected chi connectivity index (χ0v) is 8.65. The first-order chi connectivity index (χ1) is 8.49. The van der Waals surface area contributed by atoms with Gasteiger partial charge in [-0.25, -0.2) is 9.18 Å². The van der Waals surface area contributed by atoms with Crippen molar-refractivity contribution in [3.63, 3.8) is 0 Å². The number of carboxylic acids is 1. The predicted molar refractivity (Wildman–Crippen MR) is 54.9 cm³/mol. The Labute approximate surface area is 98.5 Å². The normalized spacial score (nSPS) is 10.3. The number of aromatic nitrogens is 3. The number of carbonyl (C=O) groups is 1. The van der Waals surface area contributed by atoms with E-state index in [4.69, 9.17) is 5.11 Å². The number of benzene rings is 1. The van der Waals surface area contributed by atoms with Crippen molar-refractivity contribution < 1.29 is 19.2 Å². The van der Waals surface area contributed by atoms with E-state index in [0.717, 1.165) is 29.2 Å². The summed E-state index contributed by atoms with van der Waals surface area (Å²) >= 11 is 0. The molecular formula is C9H5FN4O4. The molecule has 92 valence electrons. The van der Waals surface area contributed by atoms with Crippen LogP contribution in [0.5, 0.6) is 0 Å². The third-order valence-electron chi connectivity index (χ3n) is 2.08. The van der Waals surface area contributed by atoms with E-state index in [1.807, 2.05) is 0 Å². The highest BCUT2D eigenvalue weighted by Crippen LogP contribution is 2.15. The summed E-state index contributed by atoms with van der Waals surface area (Å²) in [6.45, 7) is 0. The van der Waals surface area contributed by atoms with E-state index >= 15 is 0 Å². The van der Waals surface area contributed by atoms with Crippen LogP contribution in [0, 0.1) is 15.9 Å². The Morgan fingerprint density at radius 2 is 2.22 bits per heavy atom. The van der Waals surface area contributed by atoms with Crippen LogP contribution in [0.25, 0.3) is 5.69 Å². The summed E-state index contributed by atoms with van der Waals surface area (Å²) in [5, 5.41) is 22.5. The summed E-state index contributed by atoms with van der Waals surface area (Å²) in [5.41, 5.74) is -0.355. The van der Waals surface area contributed by atoms with Gasteiger partial charge in [0.05, 0.1) is 5.56 Å². The molecule has 0 bridgehead atoms. The second-order valence-electron chi connectivity index (χ2n) is 3.22. The van der Waals surface area contributed by atoms with Crippen molar-refractivity contribution in [3.8, 4) is 5.69 Å². The summed E-state index contributed by atoms with van der Waals surface area (Å²) < 4.78 is 14.4. The molecule has 9 heteroatoms. The lowest BCUT2D eigenvalue weighted by Crippen LogP contribution is -2.03. The first-order valence-electron chi connectivity index (χ1n) is 4.58. The van der Waals surface area contributed by atoms with Crippen LogP contribution >= 0.6 is 0 Å². The second-order valence-corrected chi connectivity index (χ2v) is 3.22. The number of carboxylic acid groups (broad SMARTS) is 1. The maximum Gasteiger partial charge on any atom is 0.491 e. The molecule has 1 heterocycles. The van der Waals surface area contributed by atoms with Crippen LogP contribution < -0.4 is 0 Å². The van der Waals surface area contributed by atoms with E-state index in [0.29, 0.717) is 0 Å². The van der Waals surface area contributed by atoms with Gasteiger partial charge in [-0.2, -0.15) is 0 Å². The Morgan fingerprint density at radius 3 is 2.72 bits per heavy atom. The van der Waals surface area contributed by atoms with Gasteiger partial charge in [-0.05, 0) is 23.1 Å². The Balaban J connectivity index is 2.44. The van der Waals surface area contributed by atoms with E-state index in [1.165, 1.54) is 0 Å². The SMILES string of the molecule is O=C(O)c1ccc(-n2cnc([N+](=O)[O-])n2)c(F)c1. The largest absolute Gasteiger partial charge is 0.491 e. The van der Waals surface area contributed by atoms with Crippen LogP contribution in [0.15, 0.2) is 24.5 Å². The van der Waals surface area contributed by atoms with Crippen molar-refractivity contribution in [2.24, 2.45) is 0 Å². The summed E-state index contributed by atoms with van der Waals surface area (Å²) in [6.07, 6.45) is 0.969. The standard InChI is InChI=1S/C9H5FN4O4/c10-6-3-5(8(15)16)1-2-7(6)13-4-11-9(12-13)14(17)18/h1-4H,(H,15,16). The Hall–Kier alpha value is -2.84. The van der Waals surface area contributed by atoms with Crippen molar-refractivity contribution >= 4 is 11.9 Å². The van der Waals surface area contributed by atoms with Gasteiger partial charge in [0, 0.05) is 5.10 Å². The highest BCUT2D eigenvalue weighted by Gasteiger charge is 2.17. The maximum atomic E-state index is 13.6. The fraction of sp³-hybridized carbons (Fsp3) is 0. The molecule has 0 aliphatic rings. The molecule has 0 amide bonds. The van der Waals surface area contributed by atoms with Crippen molar-refractivity contribution in [1.82, 2.24) is 14.8 Å². The second kappa shape index (κ2) is 4.20. The van der Waals surface area contributed by atoms with Gasteiger partial charge in [0.2, 0.25) is 6.33 Å². The molecule has 0 spiro atoms. The lowest BCUT2D eigenvalue weighted by Gasteiger charge is -2.00. The number of aromatic carboxylic acids is 1. The van der Waals surface area contributed by atoms with Gasteiger partial charge >= 0.3 is 11.9 Å². The molecule has 0 fully saturated rings. The van der Waals surface area contributed by atoms with Crippen LogP contribution in [0.3, 0.4) is 0 Å². The summed E-state index contributed by atoms with van der Waals surface area (Å²) in [5.74, 6) is -2.81. The summed E-state index contributed by atoms with van der Waals surface area (Å²) in [4.78, 5) is 23.5. The maximum absolute atomic E-state index is 13.6. The molecule has 0 aliphatic heterocycles. The van der Waals surface area contributed by atoms with Crippen LogP contribution in [0.1, 0.15) is 10.4 Å². The van der Waals surface area contributed by atoms with Crippen LogP contribution in [0.2, 0.25) is 0 Å². The Morgan fingerprint density at radius 1 is 1.50 bits per heavy atom. The molecule has 0 atom stereocenters. The third-order valence-corrected chi connectivity index (χ3v) is 2.08. The minimum atomic E-state index is -1.27. The van der Waals surface area contributed by atoms with E-state index in [9.17, 15) is 19.3 Å². The highest BCUT2D eigenvalue weighted by molar-refractivity contribution is 5.87. The number of nitro groups is 1. The van der Waals surface area contributed by atoms with Gasteiger partial charge in [-0.15, -0.1) is 4.68 Å². The van der Waals surface area contributed by atoms with E-state index in [1.54, 1.807) is 0 Å². The minimum absolute atomic E-state index is 0.124. The van der Waals surface area contributed by atoms with E-state index < -0.39 is 22.7 Å². The molecule has 1 aromatic carbocycles. The summed E-state index contributed by atoms with van der Waals surface area (Å²) in [6, 6.07) is 3.11. The number of hydrogen-bond donors (Lipinski definition) is 1. The van der Waals surface area contributed by atoms with Gasteiger partial charge in [-0.1, -0.05) is 4.98 Å². The third kappa shape index (κ3) is 2.00. The summed E-state index contributed by atoms with van der Waals surface area (Å²) in [7, 11) is 0. The molecule has 0 saturated heterocycles. The van der Waals surface area contributed by atoms with Crippen molar-refractivity contribution in [2.45, 2.75) is 0 Å². The van der Waals surface area contributed by atoms with Crippen molar-refractivity contribution in [1.29, 1.82) is 0 Å². The monoisotopic (exact) mass is 252 g/mol. The molecular weight excluding hydrogens is 247 g/mol. The van der Waals surface area contributed by atoms with Gasteiger partial charge in [-0.3, -0.25) is 0 Å². The average Bonchev–Trinajstić information content (AvgIpc) is 2.78. The molecule has 18 heavy (non-hydrogen) atoms. The predicted octanol–water partition coefficient (Wildman–Crippen LogP) is 1.01. The fourth-order valence-corrected chi connectivity index (χ4v) is 1.28. The molecule has 0 aliphatic carbocycles. The zero-order chi connectivity index (χ0) is 13.3. The van der Waals surface area contributed by atoms with Gasteiger partial charge in [0.25, 0.3) is 0 Å². The lowest BCUT2D eigenvalue weighted by molar-refractivity contribution is -0.394. The molecule has 0 radical (unpaired) electrons. The van der Waals surface area contributed by atoms with Crippen molar-refractivity contribution in [3.05, 3.63) is 46.0 Å². The molecule has 2 aromatic rings. The Bertz CT molecular complexity index is 639. The van der Waals surface area contributed by atoms with Gasteiger partial charge < -0.3 is 15.2 Å². The van der Waals surface area contributed by atoms with E-state index in [-0.39, 0.29) is 11.3 Å². The Kier molecular flexibility index (Phi) is 2.72. The number of nitrogens with zero attached hydrogens (tertiary/aromatic N) is 4. The van der Waals surface area contributed by atoms with Crippen molar-refractivity contribution in [2.75, 3.05) is 0 Å². The zero-order valence-electron chi connectivity index (χ0n) is 8.65. The average molecular weight is 252 g/mol. The van der Waals surface area contributed by atoms with Gasteiger partial charge in [0.15, 0.2) is 5.82 Å². The highest BCUT2D eigenvalue weighted by atomic mass is 19.1. The fourth-order valence-electron chi connectivity index (χ4n) is 1.28. The molecule has 2 rings (SSSR count). The topological polar surface area (TPSA) is 111 Å². The van der Waals surface area contributed by atoms with Crippen LogP contribution in [-0.2, 0) is 0 Å². The number of rotatable bonds is 3. The molecule has 0 unspecified atom stereocenters. The molecule has 8 nitrogen and oxygen atoms in total. The van der Waals surface area contributed by atoms with Crippen LogP contribution in [0.4, 0.5) is 10.3 Å². The van der Waals surface area contributed by atoms with E-state index in [2.05, 4.69) is 10.1 Å². The molecule has 1 N–H and O–H groups in total. The molecule has 1 aromatic heterocycles. The molecule has 0 saturated carbocycles. The number of hydrogen-bond acceptors (Lipinski definition) is 5.